The third-order valence-corrected chi connectivity index (χ3v) is 4.59. The van der Waals surface area contributed by atoms with Crippen LogP contribution in [0.4, 0.5) is 10.5 Å². The summed E-state index contributed by atoms with van der Waals surface area (Å²) in [6, 6.07) is 9.92. The van der Waals surface area contributed by atoms with Gasteiger partial charge >= 0.3 is 6.03 Å². The Bertz CT molecular complexity index is 925. The van der Waals surface area contributed by atoms with Crippen molar-refractivity contribution in [2.45, 2.75) is 0 Å². The van der Waals surface area contributed by atoms with Gasteiger partial charge in [0.25, 0.3) is 11.8 Å². The number of nitrogens with zero attached hydrogens (tertiary/aromatic N) is 1. The zero-order chi connectivity index (χ0) is 18.1. The van der Waals surface area contributed by atoms with Crippen molar-refractivity contribution in [3.05, 3.63) is 62.2 Å². The summed E-state index contributed by atoms with van der Waals surface area (Å²) in [5.74, 6) is -1.41. The lowest BCUT2D eigenvalue weighted by molar-refractivity contribution is -0.122. The van der Waals surface area contributed by atoms with E-state index in [0.29, 0.717) is 19.8 Å². The predicted molar refractivity (Wildman–Crippen MR) is 101 cm³/mol. The van der Waals surface area contributed by atoms with Gasteiger partial charge in [-0.05, 0) is 70.6 Å². The molecule has 0 bridgehead atoms. The number of hydrogen-bond acceptors (Lipinski definition) is 4. The molecule has 2 N–H and O–H groups in total. The van der Waals surface area contributed by atoms with Crippen molar-refractivity contribution < 1.29 is 19.5 Å². The summed E-state index contributed by atoms with van der Waals surface area (Å²) in [4.78, 5) is 37.7. The average Bonchev–Trinajstić information content (AvgIpc) is 2.56. The molecule has 25 heavy (non-hydrogen) atoms. The van der Waals surface area contributed by atoms with Crippen molar-refractivity contribution in [2.24, 2.45) is 0 Å². The Hall–Kier alpha value is -2.39. The highest BCUT2D eigenvalue weighted by atomic mass is 127. The molecule has 0 unspecified atom stereocenters. The van der Waals surface area contributed by atoms with Gasteiger partial charge in [0.05, 0.1) is 9.26 Å². The fraction of sp³-hybridized carbons (Fsp3) is 0. The third kappa shape index (κ3) is 3.52. The number of urea groups is 1. The lowest BCUT2D eigenvalue weighted by Crippen LogP contribution is -2.54. The first-order valence-electron chi connectivity index (χ1n) is 7.02. The number of barbiturate groups is 1. The van der Waals surface area contributed by atoms with Crippen molar-refractivity contribution in [2.75, 3.05) is 4.90 Å². The van der Waals surface area contributed by atoms with Gasteiger partial charge in [0.2, 0.25) is 0 Å². The van der Waals surface area contributed by atoms with Crippen LogP contribution in [-0.2, 0) is 9.59 Å². The molecule has 3 rings (SSSR count). The van der Waals surface area contributed by atoms with E-state index in [1.165, 1.54) is 24.3 Å². The van der Waals surface area contributed by atoms with Crippen molar-refractivity contribution in [3.8, 4) is 5.75 Å². The third-order valence-electron chi connectivity index (χ3n) is 3.47. The highest BCUT2D eigenvalue weighted by molar-refractivity contribution is 14.1. The van der Waals surface area contributed by atoms with Crippen molar-refractivity contribution in [1.82, 2.24) is 5.32 Å². The maximum Gasteiger partial charge on any atom is 0.335 e. The molecule has 0 saturated carbocycles. The summed E-state index contributed by atoms with van der Waals surface area (Å²) >= 11 is 7.75. The van der Waals surface area contributed by atoms with Crippen molar-refractivity contribution >= 4 is 63.8 Å². The molecule has 1 saturated heterocycles. The van der Waals surface area contributed by atoms with Gasteiger partial charge in [0.1, 0.15) is 11.3 Å². The average molecular weight is 469 g/mol. The van der Waals surface area contributed by atoms with Crippen LogP contribution in [0, 0.1) is 3.57 Å². The predicted octanol–water partition coefficient (Wildman–Crippen LogP) is 3.32. The number of aromatic hydroxyl groups is 1. The van der Waals surface area contributed by atoms with E-state index < -0.39 is 17.8 Å². The molecule has 4 amide bonds. The fourth-order valence-corrected chi connectivity index (χ4v) is 2.93. The zero-order valence-electron chi connectivity index (χ0n) is 12.5. The summed E-state index contributed by atoms with van der Waals surface area (Å²) in [7, 11) is 0. The first kappa shape index (κ1) is 17.4. The number of hydrogen-bond donors (Lipinski definition) is 2. The second-order valence-electron chi connectivity index (χ2n) is 5.15. The molecule has 6 nitrogen and oxygen atoms in total. The molecule has 0 atom stereocenters. The van der Waals surface area contributed by atoms with Gasteiger partial charge < -0.3 is 5.11 Å². The van der Waals surface area contributed by atoms with E-state index in [1.807, 2.05) is 22.6 Å². The highest BCUT2D eigenvalue weighted by Gasteiger charge is 2.36. The number of imide groups is 2. The summed E-state index contributed by atoms with van der Waals surface area (Å²) < 4.78 is 0.571. The molecule has 0 radical (unpaired) electrons. The number of nitrogens with one attached hydrogen (secondary N) is 1. The van der Waals surface area contributed by atoms with E-state index in [4.69, 9.17) is 11.6 Å². The molecule has 1 aliphatic heterocycles. The lowest BCUT2D eigenvalue weighted by Gasteiger charge is -2.26. The first-order valence-corrected chi connectivity index (χ1v) is 8.48. The van der Waals surface area contributed by atoms with Crippen molar-refractivity contribution in [3.63, 3.8) is 0 Å². The highest BCUT2D eigenvalue weighted by Crippen LogP contribution is 2.25. The molecule has 1 heterocycles. The molecular weight excluding hydrogens is 459 g/mol. The minimum atomic E-state index is -0.824. The van der Waals surface area contributed by atoms with Crippen LogP contribution >= 0.6 is 34.2 Å². The summed E-state index contributed by atoms with van der Waals surface area (Å²) in [5.41, 5.74) is 0.660. The van der Waals surface area contributed by atoms with Crippen molar-refractivity contribution in [1.29, 1.82) is 0 Å². The molecular formula is C17H10ClIN2O4. The second-order valence-corrected chi connectivity index (χ2v) is 6.74. The maximum absolute atomic E-state index is 12.7. The van der Waals surface area contributed by atoms with Gasteiger partial charge in [-0.1, -0.05) is 17.7 Å². The number of amides is 4. The lowest BCUT2D eigenvalue weighted by atomic mass is 10.1. The molecule has 0 aliphatic carbocycles. The van der Waals surface area contributed by atoms with E-state index in [-0.39, 0.29) is 11.3 Å². The number of phenolic OH excluding ortho intramolecular Hbond substituents is 1. The topological polar surface area (TPSA) is 86.7 Å². The monoisotopic (exact) mass is 468 g/mol. The smallest absolute Gasteiger partial charge is 0.335 e. The Balaban J connectivity index is 2.01. The largest absolute Gasteiger partial charge is 0.507 e. The normalized spacial score (nSPS) is 16.3. The Morgan fingerprint density at radius 1 is 1.08 bits per heavy atom. The molecule has 1 fully saturated rings. The van der Waals surface area contributed by atoms with Gasteiger partial charge in [-0.25, -0.2) is 9.69 Å². The van der Waals surface area contributed by atoms with Crippen LogP contribution in [0.1, 0.15) is 5.56 Å². The van der Waals surface area contributed by atoms with Crippen LogP contribution < -0.4 is 10.2 Å². The molecule has 2 aromatic rings. The van der Waals surface area contributed by atoms with Crippen LogP contribution in [-0.4, -0.2) is 23.0 Å². The Morgan fingerprint density at radius 3 is 2.40 bits per heavy atom. The van der Waals surface area contributed by atoms with E-state index in [9.17, 15) is 19.5 Å². The maximum atomic E-state index is 12.7. The van der Waals surface area contributed by atoms with E-state index in [1.54, 1.807) is 24.3 Å². The molecule has 1 aliphatic rings. The van der Waals surface area contributed by atoms with Crippen LogP contribution in [0.2, 0.25) is 5.02 Å². The number of anilines is 1. The van der Waals surface area contributed by atoms with Crippen LogP contribution in [0.25, 0.3) is 6.08 Å². The number of carbonyl (C=O) groups excluding carboxylic acids is 3. The van der Waals surface area contributed by atoms with Gasteiger partial charge in [-0.3, -0.25) is 14.9 Å². The first-order chi connectivity index (χ1) is 11.9. The Labute approximate surface area is 161 Å². The van der Waals surface area contributed by atoms with E-state index in [2.05, 4.69) is 5.32 Å². The van der Waals surface area contributed by atoms with Crippen LogP contribution in [0.5, 0.6) is 5.75 Å². The van der Waals surface area contributed by atoms with Crippen LogP contribution in [0.3, 0.4) is 0 Å². The van der Waals surface area contributed by atoms with Gasteiger partial charge in [0, 0.05) is 5.02 Å². The Morgan fingerprint density at radius 2 is 1.76 bits per heavy atom. The summed E-state index contributed by atoms with van der Waals surface area (Å²) in [6.07, 6.45) is 1.37. The summed E-state index contributed by atoms with van der Waals surface area (Å²) in [5, 5.41) is 12.2. The minimum Gasteiger partial charge on any atom is -0.507 e. The molecule has 8 heteroatoms. The zero-order valence-corrected chi connectivity index (χ0v) is 15.4. The minimum absolute atomic E-state index is 0.0974. The number of phenols is 1. The van der Waals surface area contributed by atoms with E-state index in [0.717, 1.165) is 4.90 Å². The van der Waals surface area contributed by atoms with Gasteiger partial charge in [-0.2, -0.15) is 0 Å². The molecule has 0 spiro atoms. The number of benzene rings is 2. The quantitative estimate of drug-likeness (QED) is 0.402. The molecule has 2 aromatic carbocycles. The summed E-state index contributed by atoms with van der Waals surface area (Å²) in [6.45, 7) is 0. The number of halogens is 2. The van der Waals surface area contributed by atoms with Gasteiger partial charge in [0.15, 0.2) is 0 Å². The fourth-order valence-electron chi connectivity index (χ4n) is 2.26. The standard InChI is InChI=1S/C17H10ClIN2O4/c18-10-2-4-11(5-3-10)21-16(24)12(15(23)20-17(21)25)7-9-1-6-14(22)13(19)8-9/h1-8,22H,(H,20,23,25)/b12-7-. The van der Waals surface area contributed by atoms with E-state index >= 15 is 0 Å². The SMILES string of the molecule is O=C1NC(=O)N(c2ccc(Cl)cc2)C(=O)/C1=C\c1ccc(O)c(I)c1. The van der Waals surface area contributed by atoms with Crippen LogP contribution in [0.15, 0.2) is 48.0 Å². The molecule has 0 aromatic heterocycles. The number of rotatable bonds is 2. The van der Waals surface area contributed by atoms with Gasteiger partial charge in [-0.15, -0.1) is 0 Å². The Kier molecular flexibility index (Phi) is 4.78. The number of carbonyl (C=O) groups is 3. The second kappa shape index (κ2) is 6.85. The molecule has 126 valence electrons.